The van der Waals surface area contributed by atoms with Crippen LogP contribution in [0.3, 0.4) is 0 Å². The van der Waals surface area contributed by atoms with Gasteiger partial charge in [-0.05, 0) is 42.3 Å². The van der Waals surface area contributed by atoms with Gasteiger partial charge in [0.1, 0.15) is 0 Å². The van der Waals surface area contributed by atoms with Crippen molar-refractivity contribution in [3.8, 4) is 0 Å². The Balaban J connectivity index is 1.63. The first-order valence-corrected chi connectivity index (χ1v) is 10.4. The number of aliphatic hydroxyl groups is 1. The van der Waals surface area contributed by atoms with Crippen molar-refractivity contribution in [3.05, 3.63) is 106 Å². The molecule has 0 aromatic heterocycles. The largest absolute Gasteiger partial charge is 0.375 e. The van der Waals surface area contributed by atoms with Crippen LogP contribution in [0.4, 0.5) is 5.69 Å². The van der Waals surface area contributed by atoms with E-state index >= 15 is 0 Å². The minimum atomic E-state index is -1.96. The molecule has 0 aliphatic carbocycles. The number of carbonyl (C=O) groups excluding carboxylic acids is 2. The van der Waals surface area contributed by atoms with Crippen LogP contribution in [-0.2, 0) is 21.7 Å². The highest BCUT2D eigenvalue weighted by Gasteiger charge is 2.50. The number of allylic oxidation sites excluding steroid dienone is 1. The third-order valence-electron chi connectivity index (χ3n) is 5.45. The van der Waals surface area contributed by atoms with Crippen LogP contribution in [0.5, 0.6) is 0 Å². The number of hydrogen-bond acceptors (Lipinski definition) is 3. The SMILES string of the molecule is Cc1ccc(CN2C(=O)C(O)(CC(=O)/C=C/c3ccccc3)c3cc(Cl)ccc32)cc1. The van der Waals surface area contributed by atoms with Crippen LogP contribution in [-0.4, -0.2) is 16.8 Å². The Morgan fingerprint density at radius 2 is 1.77 bits per heavy atom. The van der Waals surface area contributed by atoms with Gasteiger partial charge in [-0.1, -0.05) is 77.8 Å². The number of nitrogens with zero attached hydrogens (tertiary/aromatic N) is 1. The predicted molar refractivity (Wildman–Crippen MR) is 123 cm³/mol. The molecule has 156 valence electrons. The molecule has 31 heavy (non-hydrogen) atoms. The molecule has 1 heterocycles. The summed E-state index contributed by atoms with van der Waals surface area (Å²) in [7, 11) is 0. The summed E-state index contributed by atoms with van der Waals surface area (Å²) in [4.78, 5) is 27.5. The molecule has 3 aromatic carbocycles. The van der Waals surface area contributed by atoms with Gasteiger partial charge in [-0.3, -0.25) is 9.59 Å². The van der Waals surface area contributed by atoms with Gasteiger partial charge in [0.15, 0.2) is 11.4 Å². The first-order chi connectivity index (χ1) is 14.9. The fourth-order valence-electron chi connectivity index (χ4n) is 3.79. The molecule has 4 nitrogen and oxygen atoms in total. The van der Waals surface area contributed by atoms with Gasteiger partial charge < -0.3 is 10.0 Å². The van der Waals surface area contributed by atoms with E-state index in [0.717, 1.165) is 16.7 Å². The van der Waals surface area contributed by atoms with Crippen LogP contribution in [0.25, 0.3) is 6.08 Å². The highest BCUT2D eigenvalue weighted by atomic mass is 35.5. The van der Waals surface area contributed by atoms with Gasteiger partial charge in [-0.2, -0.15) is 0 Å². The highest BCUT2D eigenvalue weighted by molar-refractivity contribution is 6.31. The summed E-state index contributed by atoms with van der Waals surface area (Å²) < 4.78 is 0. The van der Waals surface area contributed by atoms with Crippen LogP contribution in [0, 0.1) is 6.92 Å². The maximum Gasteiger partial charge on any atom is 0.264 e. The van der Waals surface area contributed by atoms with E-state index in [2.05, 4.69) is 0 Å². The number of hydrogen-bond donors (Lipinski definition) is 1. The number of amides is 1. The maximum absolute atomic E-state index is 13.3. The van der Waals surface area contributed by atoms with Gasteiger partial charge >= 0.3 is 0 Å². The van der Waals surface area contributed by atoms with Crippen molar-refractivity contribution in [1.82, 2.24) is 0 Å². The van der Waals surface area contributed by atoms with Gasteiger partial charge in [-0.15, -0.1) is 0 Å². The molecule has 0 saturated heterocycles. The summed E-state index contributed by atoms with van der Waals surface area (Å²) in [6.45, 7) is 2.29. The third kappa shape index (κ3) is 4.31. The summed E-state index contributed by atoms with van der Waals surface area (Å²) in [5.41, 5.74) is 1.89. The second kappa shape index (κ2) is 8.50. The zero-order chi connectivity index (χ0) is 22.0. The third-order valence-corrected chi connectivity index (χ3v) is 5.68. The molecular weight excluding hydrogens is 410 g/mol. The molecule has 1 aliphatic heterocycles. The van der Waals surface area contributed by atoms with Crippen molar-refractivity contribution in [3.63, 3.8) is 0 Å². The number of benzene rings is 3. The van der Waals surface area contributed by atoms with Crippen LogP contribution >= 0.6 is 11.6 Å². The van der Waals surface area contributed by atoms with Crippen molar-refractivity contribution in [2.45, 2.75) is 25.5 Å². The molecule has 0 saturated carbocycles. The standard InChI is InChI=1S/C26H22ClNO3/c1-18-7-9-20(10-8-18)17-28-24-14-12-21(27)15-23(24)26(31,25(28)30)16-22(29)13-11-19-5-3-2-4-6-19/h2-15,31H,16-17H2,1H3/b13-11+. The number of rotatable bonds is 6. The lowest BCUT2D eigenvalue weighted by molar-refractivity contribution is -0.140. The van der Waals surface area contributed by atoms with Gasteiger partial charge in [-0.25, -0.2) is 0 Å². The topological polar surface area (TPSA) is 57.6 Å². The van der Waals surface area contributed by atoms with E-state index in [1.807, 2.05) is 61.5 Å². The molecule has 4 rings (SSSR count). The summed E-state index contributed by atoms with van der Waals surface area (Å²) in [5.74, 6) is -0.866. The number of carbonyl (C=O) groups is 2. The van der Waals surface area contributed by atoms with E-state index in [1.54, 1.807) is 24.3 Å². The van der Waals surface area contributed by atoms with E-state index in [0.29, 0.717) is 22.8 Å². The molecule has 1 atom stereocenters. The van der Waals surface area contributed by atoms with Crippen molar-refractivity contribution in [1.29, 1.82) is 0 Å². The predicted octanol–water partition coefficient (Wildman–Crippen LogP) is 5.06. The zero-order valence-corrected chi connectivity index (χ0v) is 17.8. The Labute approximate surface area is 186 Å². The summed E-state index contributed by atoms with van der Waals surface area (Å²) in [6, 6.07) is 22.2. The smallest absolute Gasteiger partial charge is 0.264 e. The second-order valence-electron chi connectivity index (χ2n) is 7.79. The van der Waals surface area contributed by atoms with E-state index in [1.165, 1.54) is 11.0 Å². The van der Waals surface area contributed by atoms with Crippen molar-refractivity contribution in [2.75, 3.05) is 4.90 Å². The lowest BCUT2D eigenvalue weighted by Crippen LogP contribution is -2.41. The minimum absolute atomic E-state index is 0.296. The van der Waals surface area contributed by atoms with E-state index < -0.39 is 11.5 Å². The van der Waals surface area contributed by atoms with Gasteiger partial charge in [0, 0.05) is 10.6 Å². The molecule has 1 unspecified atom stereocenters. The Bertz CT molecular complexity index is 1160. The molecule has 0 radical (unpaired) electrons. The quantitative estimate of drug-likeness (QED) is 0.555. The second-order valence-corrected chi connectivity index (χ2v) is 8.22. The summed E-state index contributed by atoms with van der Waals surface area (Å²) in [5, 5.41) is 11.8. The van der Waals surface area contributed by atoms with Gasteiger partial charge in [0.2, 0.25) is 0 Å². The number of anilines is 1. The van der Waals surface area contributed by atoms with Crippen LogP contribution in [0.2, 0.25) is 5.02 Å². The molecule has 3 aromatic rings. The molecular formula is C26H22ClNO3. The van der Waals surface area contributed by atoms with Gasteiger partial charge in [0.05, 0.1) is 18.7 Å². The number of fused-ring (bicyclic) bond motifs is 1. The average molecular weight is 432 g/mol. The minimum Gasteiger partial charge on any atom is -0.375 e. The lowest BCUT2D eigenvalue weighted by Gasteiger charge is -2.22. The molecule has 5 heteroatoms. The first kappa shape index (κ1) is 21.0. The molecule has 0 spiro atoms. The van der Waals surface area contributed by atoms with Crippen LogP contribution < -0.4 is 4.90 Å². The zero-order valence-electron chi connectivity index (χ0n) is 17.1. The molecule has 1 amide bonds. The maximum atomic E-state index is 13.3. The van der Waals surface area contributed by atoms with Crippen molar-refractivity contribution >= 4 is 35.1 Å². The Morgan fingerprint density at radius 1 is 1.06 bits per heavy atom. The van der Waals surface area contributed by atoms with Crippen molar-refractivity contribution in [2.24, 2.45) is 0 Å². The fraction of sp³-hybridized carbons (Fsp3) is 0.154. The Kier molecular flexibility index (Phi) is 5.77. The fourth-order valence-corrected chi connectivity index (χ4v) is 3.96. The number of ketones is 1. The highest BCUT2D eigenvalue weighted by Crippen LogP contribution is 2.44. The Morgan fingerprint density at radius 3 is 2.48 bits per heavy atom. The summed E-state index contributed by atoms with van der Waals surface area (Å²) in [6.07, 6.45) is 2.72. The van der Waals surface area contributed by atoms with Crippen molar-refractivity contribution < 1.29 is 14.7 Å². The van der Waals surface area contributed by atoms with E-state index in [4.69, 9.17) is 11.6 Å². The average Bonchev–Trinajstić information content (AvgIpc) is 2.96. The van der Waals surface area contributed by atoms with Crippen LogP contribution in [0.15, 0.2) is 78.9 Å². The summed E-state index contributed by atoms with van der Waals surface area (Å²) >= 11 is 6.16. The molecule has 1 aliphatic rings. The van der Waals surface area contributed by atoms with Gasteiger partial charge in [0.25, 0.3) is 5.91 Å². The normalized spacial score (nSPS) is 17.9. The Hall–Kier alpha value is -3.21. The molecule has 0 fully saturated rings. The first-order valence-electron chi connectivity index (χ1n) is 10.0. The molecule has 1 N–H and O–H groups in total. The van der Waals surface area contributed by atoms with Crippen LogP contribution in [0.1, 0.15) is 28.7 Å². The molecule has 0 bridgehead atoms. The monoisotopic (exact) mass is 431 g/mol. The van der Waals surface area contributed by atoms with E-state index in [9.17, 15) is 14.7 Å². The number of halogens is 1. The van der Waals surface area contributed by atoms with E-state index in [-0.39, 0.29) is 12.2 Å². The lowest BCUT2D eigenvalue weighted by atomic mass is 9.89. The number of aryl methyl sites for hydroxylation is 1.